The van der Waals surface area contributed by atoms with E-state index in [-0.39, 0.29) is 11.8 Å². The number of piperidine rings is 1. The Morgan fingerprint density at radius 2 is 1.81 bits per heavy atom. The molecule has 0 spiro atoms. The first-order chi connectivity index (χ1) is 12.6. The summed E-state index contributed by atoms with van der Waals surface area (Å²) >= 11 is 0. The highest BCUT2D eigenvalue weighted by Gasteiger charge is 2.21. The zero-order valence-electron chi connectivity index (χ0n) is 15.2. The molecule has 0 bridgehead atoms. The molecule has 136 valence electrons. The molecule has 1 fully saturated rings. The molecular weight excluding hydrogens is 328 g/mol. The van der Waals surface area contributed by atoms with Crippen molar-refractivity contribution in [1.29, 1.82) is 0 Å². The number of benzene rings is 2. The maximum atomic E-state index is 12.7. The summed E-state index contributed by atoms with van der Waals surface area (Å²) in [5, 5.41) is 2.85. The molecule has 2 aromatic carbocycles. The lowest BCUT2D eigenvalue weighted by Crippen LogP contribution is -2.37. The Hall–Kier alpha value is -2.82. The predicted molar refractivity (Wildman–Crippen MR) is 102 cm³/mol. The number of nitrogens with one attached hydrogen (secondary N) is 1. The topological polar surface area (TPSA) is 58.6 Å². The molecule has 1 saturated heterocycles. The third-order valence-corrected chi connectivity index (χ3v) is 4.79. The van der Waals surface area contributed by atoms with E-state index >= 15 is 0 Å². The van der Waals surface area contributed by atoms with Crippen molar-refractivity contribution in [3.8, 4) is 5.75 Å². The van der Waals surface area contributed by atoms with E-state index in [4.69, 9.17) is 4.74 Å². The van der Waals surface area contributed by atoms with E-state index in [1.807, 2.05) is 11.0 Å². The fraction of sp³-hybridized carbons (Fsp3) is 0.333. The van der Waals surface area contributed by atoms with Crippen molar-refractivity contribution in [3.63, 3.8) is 0 Å². The van der Waals surface area contributed by atoms with Crippen LogP contribution < -0.4 is 10.1 Å². The van der Waals surface area contributed by atoms with Gasteiger partial charge in [0.15, 0.2) is 0 Å². The minimum Gasteiger partial charge on any atom is -0.496 e. The highest BCUT2D eigenvalue weighted by atomic mass is 16.5. The first-order valence-electron chi connectivity index (χ1n) is 8.92. The van der Waals surface area contributed by atoms with Gasteiger partial charge in [-0.2, -0.15) is 0 Å². The van der Waals surface area contributed by atoms with Crippen LogP contribution in [0.25, 0.3) is 0 Å². The molecule has 3 rings (SSSR count). The van der Waals surface area contributed by atoms with Gasteiger partial charge in [0.25, 0.3) is 11.8 Å². The molecular formula is C21H24N2O3. The molecule has 1 heterocycles. The van der Waals surface area contributed by atoms with Crippen LogP contribution >= 0.6 is 0 Å². The molecule has 2 aromatic rings. The average molecular weight is 352 g/mol. The van der Waals surface area contributed by atoms with Crippen LogP contribution in [0.15, 0.2) is 48.5 Å². The summed E-state index contributed by atoms with van der Waals surface area (Å²) in [6, 6.07) is 14.1. The first kappa shape index (κ1) is 18.0. The molecule has 26 heavy (non-hydrogen) atoms. The Kier molecular flexibility index (Phi) is 5.56. The highest BCUT2D eigenvalue weighted by Crippen LogP contribution is 2.22. The number of methoxy groups -OCH3 is 1. The van der Waals surface area contributed by atoms with E-state index in [9.17, 15) is 9.59 Å². The van der Waals surface area contributed by atoms with Crippen LogP contribution in [0.3, 0.4) is 0 Å². The Morgan fingerprint density at radius 1 is 1.08 bits per heavy atom. The number of hydrogen-bond acceptors (Lipinski definition) is 3. The first-order valence-corrected chi connectivity index (χ1v) is 8.92. The molecule has 2 amide bonds. The van der Waals surface area contributed by atoms with Gasteiger partial charge < -0.3 is 15.0 Å². The summed E-state index contributed by atoms with van der Waals surface area (Å²) in [4.78, 5) is 27.1. The number of carbonyl (C=O) groups excluding carboxylic acids is 2. The number of carbonyl (C=O) groups is 2. The van der Waals surface area contributed by atoms with Gasteiger partial charge in [0, 0.05) is 24.3 Å². The van der Waals surface area contributed by atoms with Crippen molar-refractivity contribution >= 4 is 17.5 Å². The van der Waals surface area contributed by atoms with E-state index in [2.05, 4.69) is 12.2 Å². The van der Waals surface area contributed by atoms with E-state index in [0.29, 0.717) is 28.5 Å². The third kappa shape index (κ3) is 4.04. The number of nitrogens with zero attached hydrogens (tertiary/aromatic N) is 1. The van der Waals surface area contributed by atoms with Crippen molar-refractivity contribution in [3.05, 3.63) is 59.7 Å². The molecule has 5 nitrogen and oxygen atoms in total. The van der Waals surface area contributed by atoms with E-state index in [1.165, 1.54) is 7.11 Å². The van der Waals surface area contributed by atoms with Crippen molar-refractivity contribution in [2.24, 2.45) is 5.92 Å². The smallest absolute Gasteiger partial charge is 0.259 e. The fourth-order valence-corrected chi connectivity index (χ4v) is 3.15. The van der Waals surface area contributed by atoms with Crippen molar-refractivity contribution in [2.45, 2.75) is 19.8 Å². The molecule has 0 atom stereocenters. The summed E-state index contributed by atoms with van der Waals surface area (Å²) in [5.41, 5.74) is 1.64. The minimum atomic E-state index is -0.265. The van der Waals surface area contributed by atoms with E-state index < -0.39 is 0 Å². The van der Waals surface area contributed by atoms with Gasteiger partial charge in [0.1, 0.15) is 5.75 Å². The number of anilines is 1. The highest BCUT2D eigenvalue weighted by molar-refractivity contribution is 6.06. The molecule has 0 saturated carbocycles. The Morgan fingerprint density at radius 3 is 2.54 bits per heavy atom. The van der Waals surface area contributed by atoms with Crippen LogP contribution in [-0.4, -0.2) is 36.9 Å². The quantitative estimate of drug-likeness (QED) is 0.910. The van der Waals surface area contributed by atoms with E-state index in [1.54, 1.807) is 42.5 Å². The second kappa shape index (κ2) is 8.04. The summed E-state index contributed by atoms with van der Waals surface area (Å²) < 4.78 is 5.23. The Balaban J connectivity index is 1.73. The molecule has 1 aliphatic heterocycles. The maximum absolute atomic E-state index is 12.7. The van der Waals surface area contributed by atoms with Crippen LogP contribution in [0.4, 0.5) is 5.69 Å². The number of likely N-dealkylation sites (tertiary alicyclic amines) is 1. The fourth-order valence-electron chi connectivity index (χ4n) is 3.15. The van der Waals surface area contributed by atoms with Crippen LogP contribution in [0.1, 0.15) is 40.5 Å². The zero-order valence-corrected chi connectivity index (χ0v) is 15.2. The molecule has 0 aromatic heterocycles. The number of hydrogen-bond donors (Lipinski definition) is 1. The summed E-state index contributed by atoms with van der Waals surface area (Å²) in [6.45, 7) is 3.80. The Labute approximate surface area is 154 Å². The van der Waals surface area contributed by atoms with Crippen LogP contribution in [0, 0.1) is 5.92 Å². The Bertz CT molecular complexity index is 795. The monoisotopic (exact) mass is 352 g/mol. The van der Waals surface area contributed by atoms with Crippen molar-refractivity contribution < 1.29 is 14.3 Å². The summed E-state index contributed by atoms with van der Waals surface area (Å²) in [5.74, 6) is 0.939. The van der Waals surface area contributed by atoms with Gasteiger partial charge in [-0.1, -0.05) is 25.1 Å². The minimum absolute atomic E-state index is 0.0188. The molecule has 0 radical (unpaired) electrons. The van der Waals surface area contributed by atoms with Crippen LogP contribution in [0.2, 0.25) is 0 Å². The van der Waals surface area contributed by atoms with Gasteiger partial charge in [-0.05, 0) is 49.1 Å². The maximum Gasteiger partial charge on any atom is 0.259 e. The zero-order chi connectivity index (χ0) is 18.5. The van der Waals surface area contributed by atoms with Crippen molar-refractivity contribution in [2.75, 3.05) is 25.5 Å². The number of amides is 2. The lowest BCUT2D eigenvalue weighted by molar-refractivity contribution is 0.0697. The van der Waals surface area contributed by atoms with Gasteiger partial charge in [-0.15, -0.1) is 0 Å². The average Bonchev–Trinajstić information content (AvgIpc) is 2.68. The largest absolute Gasteiger partial charge is 0.496 e. The molecule has 1 N–H and O–H groups in total. The number of ether oxygens (including phenoxy) is 1. The second-order valence-electron chi connectivity index (χ2n) is 6.71. The SMILES string of the molecule is COc1ccccc1C(=O)Nc1cccc(C(=O)N2CCC(C)CC2)c1. The molecule has 1 aliphatic rings. The summed E-state index contributed by atoms with van der Waals surface area (Å²) in [6.07, 6.45) is 2.08. The normalized spacial score (nSPS) is 14.8. The van der Waals surface area contributed by atoms with Crippen molar-refractivity contribution in [1.82, 2.24) is 4.90 Å². The van der Waals surface area contributed by atoms with Gasteiger partial charge >= 0.3 is 0 Å². The lowest BCUT2D eigenvalue weighted by Gasteiger charge is -2.30. The summed E-state index contributed by atoms with van der Waals surface area (Å²) in [7, 11) is 1.53. The van der Waals surface area contributed by atoms with Gasteiger partial charge in [0.2, 0.25) is 0 Å². The van der Waals surface area contributed by atoms with Gasteiger partial charge in [-0.25, -0.2) is 0 Å². The van der Waals surface area contributed by atoms with Gasteiger partial charge in [0.05, 0.1) is 12.7 Å². The predicted octanol–water partition coefficient (Wildman–Crippen LogP) is 3.82. The molecule has 0 unspecified atom stereocenters. The molecule has 0 aliphatic carbocycles. The number of rotatable bonds is 4. The molecule has 5 heteroatoms. The lowest BCUT2D eigenvalue weighted by atomic mass is 9.98. The third-order valence-electron chi connectivity index (χ3n) is 4.79. The van der Waals surface area contributed by atoms with Gasteiger partial charge in [-0.3, -0.25) is 9.59 Å². The second-order valence-corrected chi connectivity index (χ2v) is 6.71. The standard InChI is InChI=1S/C21H24N2O3/c1-15-10-12-23(13-11-15)21(25)16-6-5-7-17(14-16)22-20(24)18-8-3-4-9-19(18)26-2/h3-9,14-15H,10-13H2,1-2H3,(H,22,24). The van der Waals surface area contributed by atoms with Crippen LogP contribution in [0.5, 0.6) is 5.75 Å². The van der Waals surface area contributed by atoms with Crippen LogP contribution in [-0.2, 0) is 0 Å². The van der Waals surface area contributed by atoms with E-state index in [0.717, 1.165) is 25.9 Å². The number of para-hydroxylation sites is 1.